The number of carbonyl (C=O) groups excluding carboxylic acids is 1. The van der Waals surface area contributed by atoms with Gasteiger partial charge in [-0.2, -0.15) is 0 Å². The standard InChI is InChI=1S/C19H29N3O2/c1-15(19(23)20-17-5-6-17)22-13-11-21(12-14-22)10-9-16-3-7-18(24-2)8-4-16/h3-4,7-8,15,17H,5-6,9-14H2,1-2H3,(H,20,23)/t15-/m0/s1. The third-order valence-electron chi connectivity index (χ3n) is 5.13. The van der Waals surface area contributed by atoms with Gasteiger partial charge in [0.15, 0.2) is 0 Å². The van der Waals surface area contributed by atoms with Gasteiger partial charge in [0, 0.05) is 38.8 Å². The average molecular weight is 331 g/mol. The van der Waals surface area contributed by atoms with Crippen LogP contribution in [0.3, 0.4) is 0 Å². The summed E-state index contributed by atoms with van der Waals surface area (Å²) in [5, 5.41) is 3.11. The van der Waals surface area contributed by atoms with E-state index in [-0.39, 0.29) is 11.9 Å². The molecular formula is C19H29N3O2. The molecule has 1 aliphatic heterocycles. The van der Waals surface area contributed by atoms with E-state index in [4.69, 9.17) is 4.74 Å². The number of methoxy groups -OCH3 is 1. The highest BCUT2D eigenvalue weighted by molar-refractivity contribution is 5.81. The summed E-state index contributed by atoms with van der Waals surface area (Å²) in [6.07, 6.45) is 3.36. The molecule has 1 saturated carbocycles. The van der Waals surface area contributed by atoms with Gasteiger partial charge in [0.25, 0.3) is 0 Å². The topological polar surface area (TPSA) is 44.8 Å². The number of ether oxygens (including phenoxy) is 1. The lowest BCUT2D eigenvalue weighted by molar-refractivity contribution is -0.126. The van der Waals surface area contributed by atoms with Crippen molar-refractivity contribution in [1.29, 1.82) is 0 Å². The maximum absolute atomic E-state index is 12.2. The van der Waals surface area contributed by atoms with E-state index in [0.717, 1.165) is 57.7 Å². The first-order valence-corrected chi connectivity index (χ1v) is 9.05. The Kier molecular flexibility index (Phi) is 5.74. The van der Waals surface area contributed by atoms with Crippen LogP contribution in [0.15, 0.2) is 24.3 Å². The molecule has 2 aliphatic rings. The first-order valence-electron chi connectivity index (χ1n) is 9.05. The van der Waals surface area contributed by atoms with E-state index in [0.29, 0.717) is 6.04 Å². The van der Waals surface area contributed by atoms with Crippen molar-refractivity contribution < 1.29 is 9.53 Å². The molecule has 5 heteroatoms. The maximum atomic E-state index is 12.2. The van der Waals surface area contributed by atoms with Gasteiger partial charge in [0.05, 0.1) is 13.2 Å². The van der Waals surface area contributed by atoms with Crippen molar-refractivity contribution in [3.63, 3.8) is 0 Å². The minimum atomic E-state index is -0.00524. The van der Waals surface area contributed by atoms with Crippen LogP contribution in [0.1, 0.15) is 25.3 Å². The fraction of sp³-hybridized carbons (Fsp3) is 0.632. The zero-order valence-corrected chi connectivity index (χ0v) is 14.8. The lowest BCUT2D eigenvalue weighted by atomic mass is 10.1. The van der Waals surface area contributed by atoms with Gasteiger partial charge in [-0.25, -0.2) is 0 Å². The summed E-state index contributed by atoms with van der Waals surface area (Å²) in [6.45, 7) is 7.13. The van der Waals surface area contributed by atoms with Crippen LogP contribution in [0.25, 0.3) is 0 Å². The number of hydrogen-bond donors (Lipinski definition) is 1. The van der Waals surface area contributed by atoms with Gasteiger partial charge in [0.1, 0.15) is 5.75 Å². The first kappa shape index (κ1) is 17.2. The van der Waals surface area contributed by atoms with E-state index >= 15 is 0 Å². The van der Waals surface area contributed by atoms with Gasteiger partial charge >= 0.3 is 0 Å². The van der Waals surface area contributed by atoms with Crippen LogP contribution in [0.4, 0.5) is 0 Å². The molecule has 0 aromatic heterocycles. The number of nitrogens with zero attached hydrogens (tertiary/aromatic N) is 2. The van der Waals surface area contributed by atoms with Gasteiger partial charge in [0.2, 0.25) is 5.91 Å². The number of carbonyl (C=O) groups is 1. The normalized spacial score (nSPS) is 20.6. The fourth-order valence-electron chi connectivity index (χ4n) is 3.17. The Morgan fingerprint density at radius 1 is 1.21 bits per heavy atom. The molecule has 0 radical (unpaired) electrons. The SMILES string of the molecule is COc1ccc(CCN2CCN([C@@H](C)C(=O)NC3CC3)CC2)cc1. The zero-order chi connectivity index (χ0) is 16.9. The van der Waals surface area contributed by atoms with E-state index in [9.17, 15) is 4.79 Å². The monoisotopic (exact) mass is 331 g/mol. The Morgan fingerprint density at radius 2 is 1.88 bits per heavy atom. The molecule has 0 unspecified atom stereocenters. The molecule has 1 aromatic rings. The van der Waals surface area contributed by atoms with E-state index in [1.807, 2.05) is 19.1 Å². The summed E-state index contributed by atoms with van der Waals surface area (Å²) < 4.78 is 5.20. The number of benzene rings is 1. The molecule has 1 atom stereocenters. The van der Waals surface area contributed by atoms with E-state index in [1.54, 1.807) is 7.11 Å². The molecule has 5 nitrogen and oxygen atoms in total. The first-order chi connectivity index (χ1) is 11.7. The van der Waals surface area contributed by atoms with E-state index in [2.05, 4.69) is 27.2 Å². The molecule has 1 N–H and O–H groups in total. The molecule has 1 heterocycles. The summed E-state index contributed by atoms with van der Waals surface area (Å²) in [7, 11) is 1.69. The molecule has 24 heavy (non-hydrogen) atoms. The summed E-state index contributed by atoms with van der Waals surface area (Å²) in [5.74, 6) is 1.11. The fourth-order valence-corrected chi connectivity index (χ4v) is 3.17. The summed E-state index contributed by atoms with van der Waals surface area (Å²) >= 11 is 0. The van der Waals surface area contributed by atoms with Crippen LogP contribution in [-0.4, -0.2) is 67.6 Å². The lowest BCUT2D eigenvalue weighted by Crippen LogP contribution is -2.54. The highest BCUT2D eigenvalue weighted by Crippen LogP contribution is 2.19. The van der Waals surface area contributed by atoms with Crippen LogP contribution in [0, 0.1) is 0 Å². The largest absolute Gasteiger partial charge is 0.497 e. The highest BCUT2D eigenvalue weighted by atomic mass is 16.5. The number of piperazine rings is 1. The van der Waals surface area contributed by atoms with Crippen molar-refractivity contribution in [2.75, 3.05) is 39.8 Å². The molecular weight excluding hydrogens is 302 g/mol. The van der Waals surface area contributed by atoms with Crippen LogP contribution in [0.2, 0.25) is 0 Å². The molecule has 2 fully saturated rings. The second-order valence-electron chi connectivity index (χ2n) is 6.93. The minimum Gasteiger partial charge on any atom is -0.497 e. The second-order valence-corrected chi connectivity index (χ2v) is 6.93. The Hall–Kier alpha value is -1.59. The van der Waals surface area contributed by atoms with Gasteiger partial charge in [-0.15, -0.1) is 0 Å². The molecule has 0 bridgehead atoms. The predicted octanol–water partition coefficient (Wildman–Crippen LogP) is 1.52. The van der Waals surface area contributed by atoms with Crippen LogP contribution >= 0.6 is 0 Å². The number of amides is 1. The predicted molar refractivity (Wildman–Crippen MR) is 95.3 cm³/mol. The third kappa shape index (κ3) is 4.71. The quantitative estimate of drug-likeness (QED) is 0.823. The van der Waals surface area contributed by atoms with E-state index in [1.165, 1.54) is 5.56 Å². The Bertz CT molecular complexity index is 534. The van der Waals surface area contributed by atoms with Gasteiger partial charge in [-0.1, -0.05) is 12.1 Å². The Labute approximate surface area is 145 Å². The third-order valence-corrected chi connectivity index (χ3v) is 5.13. The smallest absolute Gasteiger partial charge is 0.237 e. The zero-order valence-electron chi connectivity index (χ0n) is 14.8. The summed E-state index contributed by atoms with van der Waals surface area (Å²) in [5.41, 5.74) is 1.34. The van der Waals surface area contributed by atoms with Crippen molar-refractivity contribution in [2.24, 2.45) is 0 Å². The van der Waals surface area contributed by atoms with Crippen LogP contribution in [0.5, 0.6) is 5.75 Å². The number of nitrogens with one attached hydrogen (secondary N) is 1. The van der Waals surface area contributed by atoms with Crippen LogP contribution in [-0.2, 0) is 11.2 Å². The van der Waals surface area contributed by atoms with Crippen LogP contribution < -0.4 is 10.1 Å². The lowest BCUT2D eigenvalue weighted by Gasteiger charge is -2.37. The molecule has 1 saturated heterocycles. The van der Waals surface area contributed by atoms with Gasteiger partial charge in [-0.05, 0) is 43.9 Å². The van der Waals surface area contributed by atoms with Crippen molar-refractivity contribution in [3.8, 4) is 5.75 Å². The van der Waals surface area contributed by atoms with E-state index < -0.39 is 0 Å². The minimum absolute atomic E-state index is 0.00524. The Morgan fingerprint density at radius 3 is 2.46 bits per heavy atom. The van der Waals surface area contributed by atoms with Crippen molar-refractivity contribution >= 4 is 5.91 Å². The summed E-state index contributed by atoms with van der Waals surface area (Å²) in [4.78, 5) is 17.0. The molecule has 1 amide bonds. The maximum Gasteiger partial charge on any atom is 0.237 e. The number of hydrogen-bond acceptors (Lipinski definition) is 4. The second kappa shape index (κ2) is 7.99. The summed E-state index contributed by atoms with van der Waals surface area (Å²) in [6, 6.07) is 8.76. The molecule has 3 rings (SSSR count). The van der Waals surface area contributed by atoms with Crippen molar-refractivity contribution in [3.05, 3.63) is 29.8 Å². The molecule has 0 spiro atoms. The van der Waals surface area contributed by atoms with Gasteiger partial charge < -0.3 is 15.0 Å². The highest BCUT2D eigenvalue weighted by Gasteiger charge is 2.29. The van der Waals surface area contributed by atoms with Crippen molar-refractivity contribution in [1.82, 2.24) is 15.1 Å². The average Bonchev–Trinajstić information content (AvgIpc) is 3.44. The van der Waals surface area contributed by atoms with Crippen molar-refractivity contribution in [2.45, 2.75) is 38.3 Å². The molecule has 1 aromatic carbocycles. The molecule has 132 valence electrons. The molecule has 1 aliphatic carbocycles. The van der Waals surface area contributed by atoms with Gasteiger partial charge in [-0.3, -0.25) is 9.69 Å². The number of rotatable bonds is 7. The Balaban J connectivity index is 1.38.